The molecule has 3 nitrogen and oxygen atoms in total. The third-order valence-corrected chi connectivity index (χ3v) is 2.66. The van der Waals surface area contributed by atoms with E-state index < -0.39 is 0 Å². The average molecular weight is 223 g/mol. The topological polar surface area (TPSA) is 35.0 Å². The minimum atomic E-state index is 0.207. The van der Waals surface area contributed by atoms with Gasteiger partial charge in [0, 0.05) is 11.5 Å². The molecule has 0 aliphatic heterocycles. The summed E-state index contributed by atoms with van der Waals surface area (Å²) in [5, 5.41) is 0.457. The maximum absolute atomic E-state index is 5.99. The van der Waals surface area contributed by atoms with Crippen LogP contribution in [0, 0.1) is 19.3 Å². The van der Waals surface area contributed by atoms with E-state index in [9.17, 15) is 0 Å². The largest absolute Gasteiger partial charge is 0.464 e. The molecule has 4 heteroatoms. The smallest absolute Gasteiger partial charge is 0.222 e. The molecular formula is C11H11ClN2O. The molecule has 1 saturated carbocycles. The zero-order chi connectivity index (χ0) is 10.8. The zero-order valence-corrected chi connectivity index (χ0v) is 9.21. The molecule has 1 fully saturated rings. The van der Waals surface area contributed by atoms with Crippen molar-refractivity contribution >= 4 is 11.6 Å². The molecule has 0 amide bonds. The summed E-state index contributed by atoms with van der Waals surface area (Å²) in [5.41, 5.74) is 0.747. The van der Waals surface area contributed by atoms with Gasteiger partial charge in [0.15, 0.2) is 6.61 Å². The Morgan fingerprint density at radius 2 is 2.27 bits per heavy atom. The molecule has 1 heterocycles. The van der Waals surface area contributed by atoms with E-state index in [-0.39, 0.29) is 6.61 Å². The van der Waals surface area contributed by atoms with Gasteiger partial charge in [-0.15, -0.1) is 6.42 Å². The normalized spacial score (nSPS) is 14.7. The average Bonchev–Trinajstić information content (AvgIpc) is 3.03. The summed E-state index contributed by atoms with van der Waals surface area (Å²) in [6.07, 6.45) is 7.39. The summed E-state index contributed by atoms with van der Waals surface area (Å²) in [6, 6.07) is 0. The molecule has 0 unspecified atom stereocenters. The second-order valence-electron chi connectivity index (χ2n) is 3.57. The van der Waals surface area contributed by atoms with Crippen molar-refractivity contribution in [3.63, 3.8) is 0 Å². The first-order chi connectivity index (χ1) is 7.22. The number of aromatic nitrogens is 2. The van der Waals surface area contributed by atoms with E-state index in [0.717, 1.165) is 24.2 Å². The number of terminal acetylenes is 1. The van der Waals surface area contributed by atoms with Crippen LogP contribution in [0.15, 0.2) is 0 Å². The number of ether oxygens (including phenoxy) is 1. The molecule has 0 radical (unpaired) electrons. The predicted octanol–water partition coefficient (Wildman–Crippen LogP) is 2.33. The molecule has 15 heavy (non-hydrogen) atoms. The summed E-state index contributed by atoms with van der Waals surface area (Å²) in [6.45, 7) is 2.03. The van der Waals surface area contributed by atoms with Gasteiger partial charge in [-0.05, 0) is 19.8 Å². The van der Waals surface area contributed by atoms with Crippen LogP contribution in [0.5, 0.6) is 5.88 Å². The first-order valence-electron chi connectivity index (χ1n) is 4.82. The van der Waals surface area contributed by atoms with Crippen molar-refractivity contribution in [2.75, 3.05) is 6.61 Å². The van der Waals surface area contributed by atoms with Crippen molar-refractivity contribution in [3.8, 4) is 18.2 Å². The maximum atomic E-state index is 5.99. The van der Waals surface area contributed by atoms with Gasteiger partial charge in [-0.25, -0.2) is 4.98 Å². The molecule has 0 bridgehead atoms. The fourth-order valence-electron chi connectivity index (χ4n) is 1.26. The summed E-state index contributed by atoms with van der Waals surface area (Å²) in [5.74, 6) is 4.14. The van der Waals surface area contributed by atoms with Crippen molar-refractivity contribution < 1.29 is 4.74 Å². The Morgan fingerprint density at radius 3 is 2.87 bits per heavy atom. The van der Waals surface area contributed by atoms with Gasteiger partial charge < -0.3 is 4.74 Å². The third-order valence-electron chi connectivity index (χ3n) is 2.29. The summed E-state index contributed by atoms with van der Waals surface area (Å²) < 4.78 is 5.31. The zero-order valence-electron chi connectivity index (χ0n) is 8.46. The minimum absolute atomic E-state index is 0.207. The van der Waals surface area contributed by atoms with Crippen LogP contribution in [0.25, 0.3) is 0 Å². The van der Waals surface area contributed by atoms with Crippen LogP contribution in [-0.2, 0) is 0 Å². The Hall–Kier alpha value is -1.27. The van der Waals surface area contributed by atoms with E-state index in [1.54, 1.807) is 0 Å². The second-order valence-corrected chi connectivity index (χ2v) is 3.93. The van der Waals surface area contributed by atoms with Crippen molar-refractivity contribution in [3.05, 3.63) is 16.5 Å². The van der Waals surface area contributed by atoms with Gasteiger partial charge in [0.2, 0.25) is 5.88 Å². The van der Waals surface area contributed by atoms with E-state index in [4.69, 9.17) is 22.8 Å². The third kappa shape index (κ3) is 2.21. The first kappa shape index (κ1) is 10.3. The summed E-state index contributed by atoms with van der Waals surface area (Å²) >= 11 is 5.99. The lowest BCUT2D eigenvalue weighted by molar-refractivity contribution is 0.350. The molecular weight excluding hydrogens is 212 g/mol. The number of nitrogens with zero attached hydrogens (tertiary/aromatic N) is 2. The van der Waals surface area contributed by atoms with Gasteiger partial charge in [0.25, 0.3) is 0 Å². The SMILES string of the molecule is C#CCOc1nc(C2CC2)nc(Cl)c1C. The van der Waals surface area contributed by atoms with Crippen molar-refractivity contribution in [1.82, 2.24) is 9.97 Å². The van der Waals surface area contributed by atoms with E-state index in [1.165, 1.54) is 0 Å². The van der Waals surface area contributed by atoms with Gasteiger partial charge in [0.1, 0.15) is 11.0 Å². The Morgan fingerprint density at radius 1 is 1.53 bits per heavy atom. The van der Waals surface area contributed by atoms with Gasteiger partial charge >= 0.3 is 0 Å². The van der Waals surface area contributed by atoms with Gasteiger partial charge in [0.05, 0.1) is 0 Å². The van der Waals surface area contributed by atoms with Crippen LogP contribution in [0.3, 0.4) is 0 Å². The van der Waals surface area contributed by atoms with Gasteiger partial charge in [-0.3, -0.25) is 0 Å². The molecule has 1 aromatic rings. The van der Waals surface area contributed by atoms with Crippen LogP contribution in [-0.4, -0.2) is 16.6 Å². The predicted molar refractivity (Wildman–Crippen MR) is 58.1 cm³/mol. The highest BCUT2D eigenvalue weighted by atomic mass is 35.5. The molecule has 2 rings (SSSR count). The molecule has 78 valence electrons. The van der Waals surface area contributed by atoms with Crippen LogP contribution in [0.2, 0.25) is 5.15 Å². The molecule has 1 aliphatic carbocycles. The van der Waals surface area contributed by atoms with E-state index in [1.807, 2.05) is 6.92 Å². The second kappa shape index (κ2) is 4.08. The lowest BCUT2D eigenvalue weighted by Crippen LogP contribution is -2.03. The Bertz CT molecular complexity index is 421. The Balaban J connectivity index is 2.30. The number of rotatable bonds is 3. The first-order valence-corrected chi connectivity index (χ1v) is 5.20. The van der Waals surface area contributed by atoms with Crippen LogP contribution < -0.4 is 4.74 Å². The van der Waals surface area contributed by atoms with Crippen LogP contribution in [0.1, 0.15) is 30.1 Å². The number of hydrogen-bond donors (Lipinski definition) is 0. The van der Waals surface area contributed by atoms with E-state index in [2.05, 4.69) is 15.9 Å². The van der Waals surface area contributed by atoms with Crippen LogP contribution >= 0.6 is 11.6 Å². The highest BCUT2D eigenvalue weighted by molar-refractivity contribution is 6.30. The highest BCUT2D eigenvalue weighted by Crippen LogP contribution is 2.39. The van der Waals surface area contributed by atoms with E-state index in [0.29, 0.717) is 17.0 Å². The monoisotopic (exact) mass is 222 g/mol. The molecule has 0 saturated heterocycles. The van der Waals surface area contributed by atoms with Crippen molar-refractivity contribution in [2.24, 2.45) is 0 Å². The fourth-order valence-corrected chi connectivity index (χ4v) is 1.43. The molecule has 1 aliphatic rings. The molecule has 0 spiro atoms. The number of halogens is 1. The van der Waals surface area contributed by atoms with Gasteiger partial charge in [-0.1, -0.05) is 17.5 Å². The molecule has 0 aromatic carbocycles. The summed E-state index contributed by atoms with van der Waals surface area (Å²) in [4.78, 5) is 8.55. The Labute approximate surface area is 93.8 Å². The quantitative estimate of drug-likeness (QED) is 0.582. The number of hydrogen-bond acceptors (Lipinski definition) is 3. The Kier molecular flexibility index (Phi) is 2.79. The molecule has 1 aromatic heterocycles. The summed E-state index contributed by atoms with van der Waals surface area (Å²) in [7, 11) is 0. The van der Waals surface area contributed by atoms with Crippen LogP contribution in [0.4, 0.5) is 0 Å². The fraction of sp³-hybridized carbons (Fsp3) is 0.455. The lowest BCUT2D eigenvalue weighted by atomic mass is 10.3. The maximum Gasteiger partial charge on any atom is 0.222 e. The minimum Gasteiger partial charge on any atom is -0.464 e. The van der Waals surface area contributed by atoms with E-state index >= 15 is 0 Å². The van der Waals surface area contributed by atoms with Crippen molar-refractivity contribution in [1.29, 1.82) is 0 Å². The lowest BCUT2D eigenvalue weighted by Gasteiger charge is -2.08. The molecule has 0 N–H and O–H groups in total. The standard InChI is InChI=1S/C11H11ClN2O/c1-3-6-15-11-7(2)9(12)13-10(14-11)8-4-5-8/h1,8H,4-6H2,2H3. The van der Waals surface area contributed by atoms with Crippen molar-refractivity contribution in [2.45, 2.75) is 25.7 Å². The van der Waals surface area contributed by atoms with Gasteiger partial charge in [-0.2, -0.15) is 4.98 Å². The highest BCUT2D eigenvalue weighted by Gasteiger charge is 2.28. The molecule has 0 atom stereocenters.